The summed E-state index contributed by atoms with van der Waals surface area (Å²) in [5, 5.41) is 5.32. The maximum atomic E-state index is 12.1. The molecule has 0 aliphatic rings. The highest BCUT2D eigenvalue weighted by Gasteiger charge is 2.14. The standard InChI is InChI=1S/C20H14Cl2N2O3/c21-16-9-5-4-8-15(16)19(25)24-20(26)23-13-10-11-18(17(22)12-13)27-14-6-2-1-3-7-14/h1-12H,(H2,23,24,25,26). The highest BCUT2D eigenvalue weighted by Crippen LogP contribution is 2.31. The molecular weight excluding hydrogens is 387 g/mol. The van der Waals surface area contributed by atoms with E-state index < -0.39 is 11.9 Å². The Kier molecular flexibility index (Phi) is 5.96. The van der Waals surface area contributed by atoms with Gasteiger partial charge in [0.25, 0.3) is 5.91 Å². The van der Waals surface area contributed by atoms with E-state index in [1.807, 2.05) is 18.2 Å². The number of rotatable bonds is 4. The molecule has 0 spiro atoms. The van der Waals surface area contributed by atoms with Crippen molar-refractivity contribution in [3.63, 3.8) is 0 Å². The van der Waals surface area contributed by atoms with Crippen LogP contribution in [0.4, 0.5) is 10.5 Å². The van der Waals surface area contributed by atoms with Gasteiger partial charge < -0.3 is 10.1 Å². The van der Waals surface area contributed by atoms with Gasteiger partial charge in [-0.1, -0.05) is 53.5 Å². The van der Waals surface area contributed by atoms with Crippen molar-refractivity contribution < 1.29 is 14.3 Å². The van der Waals surface area contributed by atoms with E-state index in [2.05, 4.69) is 10.6 Å². The molecular formula is C20H14Cl2N2O3. The van der Waals surface area contributed by atoms with Crippen LogP contribution in [0.15, 0.2) is 72.8 Å². The van der Waals surface area contributed by atoms with E-state index in [9.17, 15) is 9.59 Å². The van der Waals surface area contributed by atoms with Gasteiger partial charge in [0, 0.05) is 5.69 Å². The highest BCUT2D eigenvalue weighted by molar-refractivity contribution is 6.34. The number of benzene rings is 3. The number of para-hydroxylation sites is 1. The van der Waals surface area contributed by atoms with Crippen molar-refractivity contribution in [3.05, 3.63) is 88.4 Å². The maximum absolute atomic E-state index is 12.1. The number of hydrogen-bond acceptors (Lipinski definition) is 3. The lowest BCUT2D eigenvalue weighted by Gasteiger charge is -2.11. The van der Waals surface area contributed by atoms with E-state index in [0.717, 1.165) is 0 Å². The first-order valence-corrected chi connectivity index (χ1v) is 8.68. The van der Waals surface area contributed by atoms with Crippen LogP contribution >= 0.6 is 23.2 Å². The molecule has 27 heavy (non-hydrogen) atoms. The molecule has 0 unspecified atom stereocenters. The number of hydrogen-bond donors (Lipinski definition) is 2. The van der Waals surface area contributed by atoms with Crippen molar-refractivity contribution in [1.29, 1.82) is 0 Å². The molecule has 0 bridgehead atoms. The minimum Gasteiger partial charge on any atom is -0.456 e. The molecule has 0 heterocycles. The molecule has 0 radical (unpaired) electrons. The molecule has 3 amide bonds. The maximum Gasteiger partial charge on any atom is 0.326 e. The number of amides is 3. The highest BCUT2D eigenvalue weighted by atomic mass is 35.5. The number of nitrogens with one attached hydrogen (secondary N) is 2. The Balaban J connectivity index is 1.64. The molecule has 0 fully saturated rings. The number of ether oxygens (including phenoxy) is 1. The lowest BCUT2D eigenvalue weighted by Crippen LogP contribution is -2.34. The predicted molar refractivity (Wildman–Crippen MR) is 106 cm³/mol. The molecule has 5 nitrogen and oxygen atoms in total. The Hall–Kier alpha value is -3.02. The van der Waals surface area contributed by atoms with Crippen molar-refractivity contribution >= 4 is 40.8 Å². The first-order valence-electron chi connectivity index (χ1n) is 7.92. The van der Waals surface area contributed by atoms with Crippen LogP contribution in [0.5, 0.6) is 11.5 Å². The second-order valence-corrected chi connectivity index (χ2v) is 6.26. The molecule has 3 aromatic rings. The number of anilines is 1. The molecule has 3 aromatic carbocycles. The fourth-order valence-corrected chi connectivity index (χ4v) is 2.70. The number of imide groups is 1. The van der Waals surface area contributed by atoms with E-state index >= 15 is 0 Å². The Bertz CT molecular complexity index is 978. The summed E-state index contributed by atoms with van der Waals surface area (Å²) >= 11 is 12.1. The number of halogens is 2. The zero-order valence-corrected chi connectivity index (χ0v) is 15.4. The summed E-state index contributed by atoms with van der Waals surface area (Å²) < 4.78 is 5.68. The van der Waals surface area contributed by atoms with Crippen LogP contribution in [-0.4, -0.2) is 11.9 Å². The van der Waals surface area contributed by atoms with Crippen LogP contribution in [0, 0.1) is 0 Å². The average molecular weight is 401 g/mol. The lowest BCUT2D eigenvalue weighted by atomic mass is 10.2. The second-order valence-electron chi connectivity index (χ2n) is 5.45. The molecule has 0 atom stereocenters. The molecule has 136 valence electrons. The second kappa shape index (κ2) is 8.58. The zero-order chi connectivity index (χ0) is 19.2. The van der Waals surface area contributed by atoms with Gasteiger partial charge >= 0.3 is 6.03 Å². The number of carbonyl (C=O) groups is 2. The number of urea groups is 1. The van der Waals surface area contributed by atoms with Crippen molar-refractivity contribution in [3.8, 4) is 11.5 Å². The van der Waals surface area contributed by atoms with Crippen LogP contribution < -0.4 is 15.4 Å². The van der Waals surface area contributed by atoms with Gasteiger partial charge in [0.1, 0.15) is 11.5 Å². The quantitative estimate of drug-likeness (QED) is 0.585. The average Bonchev–Trinajstić information content (AvgIpc) is 2.65. The Morgan fingerprint density at radius 3 is 2.22 bits per heavy atom. The van der Waals surface area contributed by atoms with Gasteiger partial charge in [0.05, 0.1) is 15.6 Å². The third kappa shape index (κ3) is 5.00. The van der Waals surface area contributed by atoms with E-state index in [1.54, 1.807) is 42.5 Å². The van der Waals surface area contributed by atoms with Crippen molar-refractivity contribution in [2.45, 2.75) is 0 Å². The van der Waals surface area contributed by atoms with Gasteiger partial charge in [0.15, 0.2) is 0 Å². The minimum atomic E-state index is -0.701. The largest absolute Gasteiger partial charge is 0.456 e. The van der Waals surface area contributed by atoms with Gasteiger partial charge in [-0.15, -0.1) is 0 Å². The summed E-state index contributed by atoms with van der Waals surface area (Å²) in [5.74, 6) is 0.484. The summed E-state index contributed by atoms with van der Waals surface area (Å²) in [5.41, 5.74) is 0.615. The predicted octanol–water partition coefficient (Wildman–Crippen LogP) is 5.75. The monoisotopic (exact) mass is 400 g/mol. The van der Waals surface area contributed by atoms with Gasteiger partial charge in [0.2, 0.25) is 0 Å². The first-order chi connectivity index (χ1) is 13.0. The fourth-order valence-electron chi connectivity index (χ4n) is 2.26. The van der Waals surface area contributed by atoms with Crippen LogP contribution in [0.2, 0.25) is 10.0 Å². The van der Waals surface area contributed by atoms with Crippen LogP contribution in [0.3, 0.4) is 0 Å². The third-order valence-electron chi connectivity index (χ3n) is 3.51. The smallest absolute Gasteiger partial charge is 0.326 e. The van der Waals surface area contributed by atoms with Crippen LogP contribution in [-0.2, 0) is 0 Å². The SMILES string of the molecule is O=C(NC(=O)c1ccccc1Cl)Nc1ccc(Oc2ccccc2)c(Cl)c1. The third-order valence-corrected chi connectivity index (χ3v) is 4.13. The van der Waals surface area contributed by atoms with Crippen molar-refractivity contribution in [2.24, 2.45) is 0 Å². The van der Waals surface area contributed by atoms with E-state index in [4.69, 9.17) is 27.9 Å². The minimum absolute atomic E-state index is 0.207. The number of carbonyl (C=O) groups excluding carboxylic acids is 2. The van der Waals surface area contributed by atoms with Crippen LogP contribution in [0.1, 0.15) is 10.4 Å². The van der Waals surface area contributed by atoms with Crippen LogP contribution in [0.25, 0.3) is 0 Å². The summed E-state index contributed by atoms with van der Waals surface area (Å²) in [6.07, 6.45) is 0. The molecule has 0 saturated heterocycles. The van der Waals surface area contributed by atoms with E-state index in [1.165, 1.54) is 12.1 Å². The Morgan fingerprint density at radius 2 is 1.52 bits per heavy atom. The molecule has 3 rings (SSSR count). The lowest BCUT2D eigenvalue weighted by molar-refractivity contribution is 0.0967. The summed E-state index contributed by atoms with van der Waals surface area (Å²) in [4.78, 5) is 24.1. The molecule has 0 aromatic heterocycles. The molecule has 0 aliphatic carbocycles. The first kappa shape index (κ1) is 18.8. The summed E-state index contributed by atoms with van der Waals surface area (Å²) in [6.45, 7) is 0. The van der Waals surface area contributed by atoms with Gasteiger partial charge in [-0.05, 0) is 42.5 Å². The van der Waals surface area contributed by atoms with Gasteiger partial charge in [-0.2, -0.15) is 0 Å². The van der Waals surface area contributed by atoms with Crippen molar-refractivity contribution in [2.75, 3.05) is 5.32 Å². The molecule has 7 heteroatoms. The molecule has 2 N–H and O–H groups in total. The molecule has 0 aliphatic heterocycles. The van der Waals surface area contributed by atoms with E-state index in [0.29, 0.717) is 22.2 Å². The fraction of sp³-hybridized carbons (Fsp3) is 0. The zero-order valence-electron chi connectivity index (χ0n) is 13.9. The topological polar surface area (TPSA) is 67.4 Å². The van der Waals surface area contributed by atoms with Gasteiger partial charge in [-0.25, -0.2) is 4.79 Å². The normalized spacial score (nSPS) is 10.1. The summed E-state index contributed by atoms with van der Waals surface area (Å²) in [7, 11) is 0. The van der Waals surface area contributed by atoms with E-state index in [-0.39, 0.29) is 10.6 Å². The Morgan fingerprint density at radius 1 is 0.815 bits per heavy atom. The Labute approximate surface area is 165 Å². The van der Waals surface area contributed by atoms with Crippen molar-refractivity contribution in [1.82, 2.24) is 5.32 Å². The summed E-state index contributed by atoms with van der Waals surface area (Å²) in [6, 6.07) is 19.7. The van der Waals surface area contributed by atoms with Gasteiger partial charge in [-0.3, -0.25) is 10.1 Å². The molecule has 0 saturated carbocycles.